The van der Waals surface area contributed by atoms with Crippen LogP contribution in [0.5, 0.6) is 0 Å². The zero-order valence-electron chi connectivity index (χ0n) is 37.5. The van der Waals surface area contributed by atoms with Crippen molar-refractivity contribution in [3.63, 3.8) is 0 Å². The van der Waals surface area contributed by atoms with Gasteiger partial charge in [-0.3, -0.25) is 14.4 Å². The lowest BCUT2D eigenvalue weighted by Gasteiger charge is -2.47. The van der Waals surface area contributed by atoms with E-state index in [-0.39, 0.29) is 30.9 Å². The number of aliphatic hydroxyl groups is 3. The van der Waals surface area contributed by atoms with Crippen LogP contribution in [0.4, 0.5) is 0 Å². The molecular formula is C50H70O10S. The molecule has 10 nitrogen and oxygen atoms in total. The number of aryl methyl sites for hydroxylation is 6. The molecule has 0 fully saturated rings. The Balaban J connectivity index is 2.53. The number of hydrogen-bond acceptors (Lipinski definition) is 8. The van der Waals surface area contributed by atoms with Gasteiger partial charge in [0.2, 0.25) is 0 Å². The summed E-state index contributed by atoms with van der Waals surface area (Å²) in [6.45, 7) is 11.9. The van der Waals surface area contributed by atoms with Crippen molar-refractivity contribution in [3.05, 3.63) is 103 Å². The van der Waals surface area contributed by atoms with Crippen molar-refractivity contribution < 1.29 is 49.8 Å². The summed E-state index contributed by atoms with van der Waals surface area (Å²) in [7, 11) is 0. The van der Waals surface area contributed by atoms with Gasteiger partial charge in [0.05, 0.1) is 49.9 Å². The van der Waals surface area contributed by atoms with E-state index < -0.39 is 54.5 Å². The molecule has 3 aromatic rings. The molecule has 1 unspecified atom stereocenters. The highest BCUT2D eigenvalue weighted by atomic mass is 32.1. The van der Waals surface area contributed by atoms with Crippen molar-refractivity contribution >= 4 is 35.2 Å². The first-order valence-electron chi connectivity index (χ1n) is 21.9. The van der Waals surface area contributed by atoms with Crippen LogP contribution in [0.1, 0.15) is 150 Å². The molecule has 0 aliphatic rings. The van der Waals surface area contributed by atoms with E-state index >= 15 is 0 Å². The van der Waals surface area contributed by atoms with Gasteiger partial charge in [-0.2, -0.15) is 0 Å². The minimum Gasteiger partial charge on any atom is -0.485 e. The number of thiocarbonyl (C=S) groups is 1. The van der Waals surface area contributed by atoms with Gasteiger partial charge in [0.25, 0.3) is 0 Å². The smallest absolute Gasteiger partial charge is 0.307 e. The maximum absolute atomic E-state index is 12.0. The predicted octanol–water partition coefficient (Wildman–Crippen LogP) is 9.11. The lowest BCUT2D eigenvalue weighted by atomic mass is 9.57. The van der Waals surface area contributed by atoms with Gasteiger partial charge in [-0.05, 0) is 127 Å². The van der Waals surface area contributed by atoms with Crippen molar-refractivity contribution in [2.24, 2.45) is 5.41 Å². The van der Waals surface area contributed by atoms with Crippen LogP contribution in [0.25, 0.3) is 0 Å². The van der Waals surface area contributed by atoms with Crippen LogP contribution in [0.15, 0.2) is 36.4 Å². The monoisotopic (exact) mass is 862 g/mol. The number of ether oxygens (including phenoxy) is 1. The van der Waals surface area contributed by atoms with Crippen molar-refractivity contribution in [2.45, 2.75) is 150 Å². The highest BCUT2D eigenvalue weighted by molar-refractivity contribution is 7.80. The van der Waals surface area contributed by atoms with Crippen LogP contribution in [0.3, 0.4) is 0 Å². The van der Waals surface area contributed by atoms with Crippen LogP contribution < -0.4 is 0 Å². The Kier molecular flexibility index (Phi) is 20.0. The van der Waals surface area contributed by atoms with Crippen molar-refractivity contribution in [1.29, 1.82) is 0 Å². The van der Waals surface area contributed by atoms with Gasteiger partial charge in [0.15, 0.2) is 5.05 Å². The molecule has 6 N–H and O–H groups in total. The minimum absolute atomic E-state index is 0.118. The van der Waals surface area contributed by atoms with Crippen molar-refractivity contribution in [3.8, 4) is 0 Å². The summed E-state index contributed by atoms with van der Waals surface area (Å²) >= 11 is 6.60. The number of carbonyl (C=O) groups is 3. The molecule has 0 saturated carbocycles. The lowest BCUT2D eigenvalue weighted by molar-refractivity contribution is -0.137. The highest BCUT2D eigenvalue weighted by Gasteiger charge is 2.52. The third-order valence-corrected chi connectivity index (χ3v) is 12.7. The van der Waals surface area contributed by atoms with E-state index in [2.05, 4.69) is 6.92 Å². The standard InChI is InChI=1S/C50H70O10S/c1-8-9-10-11-12-13-14-15-16-17-18-41(45-32(2)19-38(20-33(45)3)25-42(54)55)50(48(61)60-31-49(28-51,29-52)30-53,46-34(4)21-39(22-35(46)5)26-43(56)57)47-36(6)23-40(24-37(47)7)27-44(58)59/h19-24,41,51-53H,8-18,25-31H2,1-7H3,(H,54,55)(H,56,57)(H,58,59). The number of aliphatic carboxylic acids is 3. The third-order valence-electron chi connectivity index (χ3n) is 12.2. The molecule has 0 bridgehead atoms. The summed E-state index contributed by atoms with van der Waals surface area (Å²) in [6, 6.07) is 11.3. The SMILES string of the molecule is CCCCCCCCCCCCC(c1c(C)cc(CC(=O)O)cc1C)C(C(=S)OCC(CO)(CO)CO)(c1c(C)cc(CC(=O)O)cc1C)c1c(C)cc(CC(=O)O)cc1C. The molecule has 3 rings (SSSR count). The average Bonchev–Trinajstić information content (AvgIpc) is 3.16. The number of unbranched alkanes of at least 4 members (excludes halogenated alkanes) is 9. The number of rotatable bonds is 27. The van der Waals surface area contributed by atoms with Crippen LogP contribution in [0.2, 0.25) is 0 Å². The third kappa shape index (κ3) is 13.2. The van der Waals surface area contributed by atoms with Gasteiger partial charge in [-0.1, -0.05) is 108 Å². The summed E-state index contributed by atoms with van der Waals surface area (Å²) in [4.78, 5) is 36.0. The minimum atomic E-state index is -1.43. The molecule has 0 aromatic heterocycles. The zero-order valence-corrected chi connectivity index (χ0v) is 38.3. The molecule has 11 heteroatoms. The molecule has 1 atom stereocenters. The Hall–Kier alpha value is -4.16. The van der Waals surface area contributed by atoms with Gasteiger partial charge in [-0.15, -0.1) is 0 Å². The van der Waals surface area contributed by atoms with E-state index in [1.165, 1.54) is 38.5 Å². The maximum atomic E-state index is 12.0. The van der Waals surface area contributed by atoms with E-state index in [4.69, 9.17) is 17.0 Å². The van der Waals surface area contributed by atoms with Gasteiger partial charge >= 0.3 is 17.9 Å². The van der Waals surface area contributed by atoms with E-state index in [9.17, 15) is 45.0 Å². The molecule has 0 amide bonds. The summed E-state index contributed by atoms with van der Waals surface area (Å²) in [5.41, 5.74) is 6.41. The van der Waals surface area contributed by atoms with Gasteiger partial charge in [0, 0.05) is 5.92 Å². The topological polar surface area (TPSA) is 182 Å². The van der Waals surface area contributed by atoms with E-state index in [1.807, 2.05) is 77.9 Å². The largest absolute Gasteiger partial charge is 0.485 e. The lowest BCUT2D eigenvalue weighted by Crippen LogP contribution is -2.48. The molecule has 0 spiro atoms. The Morgan fingerprint density at radius 2 is 0.885 bits per heavy atom. The summed E-state index contributed by atoms with van der Waals surface area (Å²) in [5.74, 6) is -3.36. The van der Waals surface area contributed by atoms with Crippen LogP contribution in [-0.4, -0.2) is 80.0 Å². The Morgan fingerprint density at radius 1 is 0.557 bits per heavy atom. The average molecular weight is 863 g/mol. The van der Waals surface area contributed by atoms with Gasteiger partial charge in [-0.25, -0.2) is 0 Å². The van der Waals surface area contributed by atoms with E-state index in [0.717, 1.165) is 75.8 Å². The zero-order chi connectivity index (χ0) is 45.5. The normalized spacial score (nSPS) is 12.4. The fourth-order valence-electron chi connectivity index (χ4n) is 9.65. The molecule has 0 aliphatic carbocycles. The number of benzene rings is 3. The second-order valence-electron chi connectivity index (χ2n) is 17.4. The Morgan fingerprint density at radius 3 is 1.21 bits per heavy atom. The maximum Gasteiger partial charge on any atom is 0.307 e. The molecular weight excluding hydrogens is 793 g/mol. The Labute approximate surface area is 368 Å². The van der Waals surface area contributed by atoms with Crippen molar-refractivity contribution in [1.82, 2.24) is 0 Å². The predicted molar refractivity (Wildman–Crippen MR) is 244 cm³/mol. The second-order valence-corrected chi connectivity index (χ2v) is 17.8. The molecule has 0 aliphatic heterocycles. The number of hydrogen-bond donors (Lipinski definition) is 6. The molecule has 3 aromatic carbocycles. The molecule has 0 radical (unpaired) electrons. The second kappa shape index (κ2) is 23.9. The van der Waals surface area contributed by atoms with E-state index in [0.29, 0.717) is 23.1 Å². The molecule has 0 saturated heterocycles. The van der Waals surface area contributed by atoms with Crippen LogP contribution in [-0.2, 0) is 43.8 Å². The molecule has 61 heavy (non-hydrogen) atoms. The van der Waals surface area contributed by atoms with E-state index in [1.54, 1.807) is 0 Å². The number of carboxylic acids is 3. The number of aliphatic hydroxyl groups excluding tert-OH is 3. The fraction of sp³-hybridized carbons (Fsp3) is 0.560. The molecule has 0 heterocycles. The van der Waals surface area contributed by atoms with Crippen LogP contribution >= 0.6 is 12.2 Å². The fourth-order valence-corrected chi connectivity index (χ4v) is 10.1. The highest BCUT2D eigenvalue weighted by Crippen LogP contribution is 2.54. The molecule has 336 valence electrons. The summed E-state index contributed by atoms with van der Waals surface area (Å²) in [5, 5.41) is 60.9. The first-order valence-corrected chi connectivity index (χ1v) is 22.3. The van der Waals surface area contributed by atoms with Crippen LogP contribution in [0, 0.1) is 47.0 Å². The van der Waals surface area contributed by atoms with Gasteiger partial charge in [0.1, 0.15) is 6.61 Å². The van der Waals surface area contributed by atoms with Crippen molar-refractivity contribution in [2.75, 3.05) is 26.4 Å². The Bertz CT molecular complexity index is 1830. The first kappa shape index (κ1) is 51.2. The quantitative estimate of drug-likeness (QED) is 0.0318. The summed E-state index contributed by atoms with van der Waals surface area (Å²) < 4.78 is 6.71. The first-order chi connectivity index (χ1) is 28.9. The summed E-state index contributed by atoms with van der Waals surface area (Å²) in [6.07, 6.45) is 11.3. The van der Waals surface area contributed by atoms with Gasteiger partial charge < -0.3 is 35.4 Å². The number of carboxylic acid groups (broad SMARTS) is 3.